The molecule has 1 N–H and O–H groups in total. The van der Waals surface area contributed by atoms with Gasteiger partial charge in [0.2, 0.25) is 0 Å². The first-order chi connectivity index (χ1) is 9.47. The van der Waals surface area contributed by atoms with Gasteiger partial charge in [0.05, 0.1) is 10.8 Å². The lowest BCUT2D eigenvalue weighted by Crippen LogP contribution is -2.35. The summed E-state index contributed by atoms with van der Waals surface area (Å²) in [6, 6.07) is 4.50. The summed E-state index contributed by atoms with van der Waals surface area (Å²) in [6.07, 6.45) is 1.15. The van der Waals surface area contributed by atoms with Crippen LogP contribution in [0.15, 0.2) is 18.2 Å². The first-order valence-corrected chi connectivity index (χ1v) is 6.73. The zero-order chi connectivity index (χ0) is 14.7. The average molecular weight is 335 g/mol. The molecule has 1 aliphatic heterocycles. The summed E-state index contributed by atoms with van der Waals surface area (Å²) < 4.78 is 0. The van der Waals surface area contributed by atoms with E-state index in [2.05, 4.69) is 0 Å². The number of nitro benzene ring substituents is 1. The highest BCUT2D eigenvalue weighted by Gasteiger charge is 2.25. The van der Waals surface area contributed by atoms with Crippen molar-refractivity contribution < 1.29 is 14.8 Å². The van der Waals surface area contributed by atoms with Gasteiger partial charge in [-0.3, -0.25) is 19.8 Å². The maximum Gasteiger partial charge on any atom is 0.306 e. The number of benzene rings is 1. The Morgan fingerprint density at radius 1 is 1.43 bits per heavy atom. The number of hydrogen-bond donors (Lipinski definition) is 1. The van der Waals surface area contributed by atoms with Crippen molar-refractivity contribution in [3.63, 3.8) is 0 Å². The fraction of sp³-hybridized carbons (Fsp3) is 0.462. The Morgan fingerprint density at radius 3 is 2.57 bits per heavy atom. The molecule has 2 rings (SSSR count). The molecule has 0 bridgehead atoms. The highest BCUT2D eigenvalue weighted by Crippen LogP contribution is 2.26. The second-order valence-corrected chi connectivity index (χ2v) is 5.36. The fourth-order valence-corrected chi connectivity index (χ4v) is 2.63. The minimum absolute atomic E-state index is 0. The van der Waals surface area contributed by atoms with Crippen LogP contribution in [0.1, 0.15) is 18.4 Å². The van der Waals surface area contributed by atoms with E-state index in [1.807, 2.05) is 4.90 Å². The third-order valence-corrected chi connectivity index (χ3v) is 3.80. The highest BCUT2D eigenvalue weighted by molar-refractivity contribution is 6.30. The number of carboxylic acids is 1. The van der Waals surface area contributed by atoms with Gasteiger partial charge in [-0.15, -0.1) is 12.4 Å². The normalized spacial score (nSPS) is 16.2. The molecule has 0 amide bonds. The van der Waals surface area contributed by atoms with E-state index >= 15 is 0 Å². The molecule has 1 aliphatic rings. The number of likely N-dealkylation sites (tertiary alicyclic amines) is 1. The number of carboxylic acid groups (broad SMARTS) is 1. The number of nitrogens with zero attached hydrogens (tertiary/aromatic N) is 2. The third kappa shape index (κ3) is 4.56. The molecular formula is C13H16Cl2N2O4. The average Bonchev–Trinajstić information content (AvgIpc) is 2.39. The van der Waals surface area contributed by atoms with Crippen LogP contribution in [0.5, 0.6) is 0 Å². The van der Waals surface area contributed by atoms with Gasteiger partial charge in [-0.2, -0.15) is 0 Å². The summed E-state index contributed by atoms with van der Waals surface area (Å²) in [5.41, 5.74) is 0.617. The quantitative estimate of drug-likeness (QED) is 0.675. The lowest BCUT2D eigenvalue weighted by Gasteiger charge is -2.29. The number of hydrogen-bond acceptors (Lipinski definition) is 4. The Labute approximate surface area is 133 Å². The second kappa shape index (κ2) is 7.59. The summed E-state index contributed by atoms with van der Waals surface area (Å²) in [4.78, 5) is 23.5. The monoisotopic (exact) mass is 334 g/mol. The van der Waals surface area contributed by atoms with Crippen molar-refractivity contribution in [1.29, 1.82) is 0 Å². The summed E-state index contributed by atoms with van der Waals surface area (Å²) in [5, 5.41) is 20.4. The second-order valence-electron chi connectivity index (χ2n) is 4.92. The van der Waals surface area contributed by atoms with Crippen LogP contribution < -0.4 is 0 Å². The van der Waals surface area contributed by atoms with Crippen molar-refractivity contribution in [2.45, 2.75) is 19.4 Å². The lowest BCUT2D eigenvalue weighted by atomic mass is 9.96. The van der Waals surface area contributed by atoms with Crippen molar-refractivity contribution in [3.8, 4) is 0 Å². The molecule has 1 aromatic carbocycles. The van der Waals surface area contributed by atoms with E-state index in [1.165, 1.54) is 12.1 Å². The molecule has 1 saturated heterocycles. The molecule has 0 aromatic heterocycles. The molecular weight excluding hydrogens is 319 g/mol. The molecule has 0 saturated carbocycles. The van der Waals surface area contributed by atoms with Gasteiger partial charge in [0.1, 0.15) is 0 Å². The number of aliphatic carboxylic acids is 1. The summed E-state index contributed by atoms with van der Waals surface area (Å²) in [7, 11) is 0. The highest BCUT2D eigenvalue weighted by atomic mass is 35.5. The van der Waals surface area contributed by atoms with E-state index in [9.17, 15) is 14.9 Å². The molecule has 0 spiro atoms. The van der Waals surface area contributed by atoms with Crippen molar-refractivity contribution in [1.82, 2.24) is 4.90 Å². The molecule has 1 aromatic rings. The van der Waals surface area contributed by atoms with Crippen LogP contribution in [0.3, 0.4) is 0 Å². The van der Waals surface area contributed by atoms with Crippen molar-refractivity contribution in [3.05, 3.63) is 38.9 Å². The van der Waals surface area contributed by atoms with Gasteiger partial charge in [0.15, 0.2) is 0 Å². The van der Waals surface area contributed by atoms with Crippen molar-refractivity contribution in [2.24, 2.45) is 5.92 Å². The van der Waals surface area contributed by atoms with Gasteiger partial charge < -0.3 is 5.11 Å². The van der Waals surface area contributed by atoms with Gasteiger partial charge in [-0.05, 0) is 38.1 Å². The van der Waals surface area contributed by atoms with E-state index in [0.717, 1.165) is 0 Å². The van der Waals surface area contributed by atoms with E-state index < -0.39 is 10.9 Å². The SMILES string of the molecule is Cl.O=C(O)C1CCN(Cc2cc(Cl)ccc2[N+](=O)[O-])CC1. The minimum atomic E-state index is -0.765. The number of halogens is 2. The molecule has 8 heteroatoms. The van der Waals surface area contributed by atoms with Crippen LogP contribution in [0.4, 0.5) is 5.69 Å². The van der Waals surface area contributed by atoms with E-state index in [4.69, 9.17) is 16.7 Å². The van der Waals surface area contributed by atoms with Gasteiger partial charge >= 0.3 is 5.97 Å². The molecule has 21 heavy (non-hydrogen) atoms. The maximum absolute atomic E-state index is 11.0. The molecule has 6 nitrogen and oxygen atoms in total. The smallest absolute Gasteiger partial charge is 0.306 e. The Morgan fingerprint density at radius 2 is 2.05 bits per heavy atom. The summed E-state index contributed by atoms with van der Waals surface area (Å²) in [6.45, 7) is 1.67. The molecule has 1 heterocycles. The Balaban J connectivity index is 0.00000220. The first kappa shape index (κ1) is 17.7. The van der Waals surface area contributed by atoms with Crippen LogP contribution in [-0.4, -0.2) is 34.0 Å². The molecule has 0 aliphatic carbocycles. The zero-order valence-electron chi connectivity index (χ0n) is 11.2. The van der Waals surface area contributed by atoms with Crippen LogP contribution in [-0.2, 0) is 11.3 Å². The van der Waals surface area contributed by atoms with Crippen LogP contribution >= 0.6 is 24.0 Å². The third-order valence-electron chi connectivity index (χ3n) is 3.57. The molecule has 0 radical (unpaired) electrons. The predicted molar refractivity (Wildman–Crippen MR) is 81.0 cm³/mol. The maximum atomic E-state index is 11.0. The van der Waals surface area contributed by atoms with E-state index in [-0.39, 0.29) is 24.0 Å². The number of carbonyl (C=O) groups is 1. The van der Waals surface area contributed by atoms with Crippen molar-refractivity contribution >= 4 is 35.7 Å². The van der Waals surface area contributed by atoms with E-state index in [0.29, 0.717) is 43.1 Å². The van der Waals surface area contributed by atoms with Gasteiger partial charge in [0.25, 0.3) is 5.69 Å². The number of piperidine rings is 1. The standard InChI is InChI=1S/C13H15ClN2O4.ClH/c14-11-1-2-12(16(19)20)10(7-11)8-15-5-3-9(4-6-15)13(17)18;/h1-2,7,9H,3-6,8H2,(H,17,18);1H. The first-order valence-electron chi connectivity index (χ1n) is 6.35. The Hall–Kier alpha value is -1.37. The van der Waals surface area contributed by atoms with Crippen LogP contribution in [0.2, 0.25) is 5.02 Å². The molecule has 0 unspecified atom stereocenters. The fourth-order valence-electron chi connectivity index (χ4n) is 2.44. The van der Waals surface area contributed by atoms with Crippen molar-refractivity contribution in [2.75, 3.05) is 13.1 Å². The largest absolute Gasteiger partial charge is 0.481 e. The van der Waals surface area contributed by atoms with Gasteiger partial charge in [0, 0.05) is 23.2 Å². The zero-order valence-corrected chi connectivity index (χ0v) is 12.8. The lowest BCUT2D eigenvalue weighted by molar-refractivity contribution is -0.385. The molecule has 116 valence electrons. The predicted octanol–water partition coefficient (Wildman–Crippen LogP) is 2.97. The van der Waals surface area contributed by atoms with Crippen LogP contribution in [0, 0.1) is 16.0 Å². The topological polar surface area (TPSA) is 83.7 Å². The van der Waals surface area contributed by atoms with E-state index in [1.54, 1.807) is 6.07 Å². The summed E-state index contributed by atoms with van der Waals surface area (Å²) in [5.74, 6) is -1.07. The Bertz CT molecular complexity index is 531. The number of nitro groups is 1. The van der Waals surface area contributed by atoms with Gasteiger partial charge in [-0.25, -0.2) is 0 Å². The van der Waals surface area contributed by atoms with Gasteiger partial charge in [-0.1, -0.05) is 11.6 Å². The molecule has 1 fully saturated rings. The summed E-state index contributed by atoms with van der Waals surface area (Å²) >= 11 is 5.89. The Kier molecular flexibility index (Phi) is 6.39. The minimum Gasteiger partial charge on any atom is -0.481 e. The number of rotatable bonds is 4. The van der Waals surface area contributed by atoms with Crippen LogP contribution in [0.25, 0.3) is 0 Å². The molecule has 0 atom stereocenters.